The average molecular weight is 191 g/mol. The Balaban J connectivity index is 3.37. The summed E-state index contributed by atoms with van der Waals surface area (Å²) < 4.78 is 49.2. The Labute approximate surface area is 71.5 Å². The van der Waals surface area contributed by atoms with Crippen LogP contribution in [0.4, 0.5) is 17.6 Å². The number of alkyl halides is 3. The molecule has 0 heterocycles. The standard InChI is InChI=1S/C8H5F4N/c9-7-3-1-2-6(5(7)4-13)8(10,11)12/h1-4,13H. The van der Waals surface area contributed by atoms with Crippen molar-refractivity contribution in [1.82, 2.24) is 0 Å². The molecule has 0 amide bonds. The van der Waals surface area contributed by atoms with Gasteiger partial charge in [0.25, 0.3) is 0 Å². The second-order valence-electron chi connectivity index (χ2n) is 2.34. The first-order valence-electron chi connectivity index (χ1n) is 3.33. The van der Waals surface area contributed by atoms with Gasteiger partial charge in [-0.3, -0.25) is 0 Å². The first kappa shape index (κ1) is 9.70. The molecule has 0 aliphatic heterocycles. The Morgan fingerprint density at radius 2 is 1.85 bits per heavy atom. The first-order chi connectivity index (χ1) is 5.96. The fraction of sp³-hybridized carbons (Fsp3) is 0.125. The maximum absolute atomic E-state index is 12.7. The highest BCUT2D eigenvalue weighted by atomic mass is 19.4. The number of nitrogens with one attached hydrogen (secondary N) is 1. The normalized spacial score (nSPS) is 11.4. The topological polar surface area (TPSA) is 23.9 Å². The molecule has 0 unspecified atom stereocenters. The number of halogens is 4. The molecule has 0 fully saturated rings. The summed E-state index contributed by atoms with van der Waals surface area (Å²) in [5, 5.41) is 6.64. The number of benzene rings is 1. The Morgan fingerprint density at radius 1 is 1.23 bits per heavy atom. The fourth-order valence-corrected chi connectivity index (χ4v) is 0.931. The lowest BCUT2D eigenvalue weighted by atomic mass is 10.1. The van der Waals surface area contributed by atoms with Gasteiger partial charge in [0.1, 0.15) is 5.82 Å². The highest BCUT2D eigenvalue weighted by Gasteiger charge is 2.33. The van der Waals surface area contributed by atoms with E-state index in [1.54, 1.807) is 0 Å². The molecule has 0 saturated heterocycles. The summed E-state index contributed by atoms with van der Waals surface area (Å²) in [5.41, 5.74) is -1.85. The zero-order valence-corrected chi connectivity index (χ0v) is 6.32. The molecule has 0 bridgehead atoms. The highest BCUT2D eigenvalue weighted by Crippen LogP contribution is 2.31. The summed E-state index contributed by atoms with van der Waals surface area (Å²) >= 11 is 0. The average Bonchev–Trinajstić information content (AvgIpc) is 2.02. The van der Waals surface area contributed by atoms with Crippen LogP contribution in [0, 0.1) is 11.2 Å². The number of hydrogen-bond acceptors (Lipinski definition) is 1. The maximum atomic E-state index is 12.7. The van der Waals surface area contributed by atoms with Gasteiger partial charge in [0, 0.05) is 11.8 Å². The van der Waals surface area contributed by atoms with Crippen LogP contribution < -0.4 is 0 Å². The first-order valence-corrected chi connectivity index (χ1v) is 3.33. The zero-order valence-electron chi connectivity index (χ0n) is 6.32. The quantitative estimate of drug-likeness (QED) is 0.521. The molecule has 1 nitrogen and oxygen atoms in total. The zero-order chi connectivity index (χ0) is 10.1. The lowest BCUT2D eigenvalue weighted by Crippen LogP contribution is -2.10. The van der Waals surface area contributed by atoms with E-state index in [0.717, 1.165) is 18.2 Å². The fourth-order valence-electron chi connectivity index (χ4n) is 0.931. The molecule has 5 heteroatoms. The van der Waals surface area contributed by atoms with Crippen molar-refractivity contribution in [3.05, 3.63) is 35.1 Å². The third-order valence-electron chi connectivity index (χ3n) is 1.50. The monoisotopic (exact) mass is 191 g/mol. The summed E-state index contributed by atoms with van der Waals surface area (Å²) in [7, 11) is 0. The molecule has 13 heavy (non-hydrogen) atoms. The molecule has 0 atom stereocenters. The van der Waals surface area contributed by atoms with E-state index in [4.69, 9.17) is 5.41 Å². The van der Waals surface area contributed by atoms with Gasteiger partial charge >= 0.3 is 6.18 Å². The van der Waals surface area contributed by atoms with Crippen LogP contribution in [0.2, 0.25) is 0 Å². The smallest absolute Gasteiger partial charge is 0.308 e. The SMILES string of the molecule is N=Cc1c(F)cccc1C(F)(F)F. The Morgan fingerprint density at radius 3 is 2.23 bits per heavy atom. The van der Waals surface area contributed by atoms with Crippen LogP contribution in [0.25, 0.3) is 0 Å². The summed E-state index contributed by atoms with van der Waals surface area (Å²) in [6, 6.07) is 2.59. The predicted octanol–water partition coefficient (Wildman–Crippen LogP) is 2.84. The number of hydrogen-bond donors (Lipinski definition) is 1. The van der Waals surface area contributed by atoms with Crippen LogP contribution in [0.15, 0.2) is 18.2 Å². The molecule has 1 N–H and O–H groups in total. The van der Waals surface area contributed by atoms with Gasteiger partial charge in [-0.15, -0.1) is 0 Å². The Kier molecular flexibility index (Phi) is 2.36. The van der Waals surface area contributed by atoms with Crippen molar-refractivity contribution in [1.29, 1.82) is 5.41 Å². The van der Waals surface area contributed by atoms with Gasteiger partial charge < -0.3 is 5.41 Å². The largest absolute Gasteiger partial charge is 0.417 e. The molecule has 0 spiro atoms. The third kappa shape index (κ3) is 1.85. The van der Waals surface area contributed by atoms with E-state index < -0.39 is 23.1 Å². The van der Waals surface area contributed by atoms with E-state index in [1.807, 2.05) is 0 Å². The van der Waals surface area contributed by atoms with Crippen molar-refractivity contribution in [3.63, 3.8) is 0 Å². The van der Waals surface area contributed by atoms with E-state index in [0.29, 0.717) is 6.21 Å². The summed E-state index contributed by atoms with van der Waals surface area (Å²) in [5.74, 6) is -1.04. The van der Waals surface area contributed by atoms with E-state index in [1.165, 1.54) is 0 Å². The van der Waals surface area contributed by atoms with E-state index in [-0.39, 0.29) is 0 Å². The van der Waals surface area contributed by atoms with Crippen LogP contribution in [0.1, 0.15) is 11.1 Å². The summed E-state index contributed by atoms with van der Waals surface area (Å²) in [6.07, 6.45) is -4.26. The van der Waals surface area contributed by atoms with Crippen molar-refractivity contribution in [2.24, 2.45) is 0 Å². The van der Waals surface area contributed by atoms with Gasteiger partial charge in [-0.25, -0.2) is 4.39 Å². The van der Waals surface area contributed by atoms with Crippen LogP contribution in [-0.2, 0) is 6.18 Å². The Hall–Kier alpha value is -1.39. The van der Waals surface area contributed by atoms with Crippen molar-refractivity contribution in [2.75, 3.05) is 0 Å². The van der Waals surface area contributed by atoms with Gasteiger partial charge in [-0.1, -0.05) is 6.07 Å². The lowest BCUT2D eigenvalue weighted by Gasteiger charge is -2.09. The van der Waals surface area contributed by atoms with Gasteiger partial charge in [-0.05, 0) is 12.1 Å². The van der Waals surface area contributed by atoms with Crippen LogP contribution in [0.3, 0.4) is 0 Å². The second kappa shape index (κ2) is 3.16. The van der Waals surface area contributed by atoms with Crippen LogP contribution in [0.5, 0.6) is 0 Å². The highest BCUT2D eigenvalue weighted by molar-refractivity contribution is 5.79. The van der Waals surface area contributed by atoms with Crippen molar-refractivity contribution >= 4 is 6.21 Å². The van der Waals surface area contributed by atoms with Crippen LogP contribution >= 0.6 is 0 Å². The number of rotatable bonds is 1. The van der Waals surface area contributed by atoms with E-state index >= 15 is 0 Å². The molecule has 0 radical (unpaired) electrons. The van der Waals surface area contributed by atoms with Crippen molar-refractivity contribution < 1.29 is 17.6 Å². The van der Waals surface area contributed by atoms with Gasteiger partial charge in [0.2, 0.25) is 0 Å². The summed E-state index contributed by atoms with van der Waals surface area (Å²) in [4.78, 5) is 0. The lowest BCUT2D eigenvalue weighted by molar-refractivity contribution is -0.137. The van der Waals surface area contributed by atoms with Crippen molar-refractivity contribution in [3.8, 4) is 0 Å². The van der Waals surface area contributed by atoms with Gasteiger partial charge in [0.15, 0.2) is 0 Å². The van der Waals surface area contributed by atoms with Gasteiger partial charge in [0.05, 0.1) is 5.56 Å². The maximum Gasteiger partial charge on any atom is 0.417 e. The third-order valence-corrected chi connectivity index (χ3v) is 1.50. The molecule has 0 aliphatic rings. The molecule has 0 saturated carbocycles. The molecule has 1 aromatic rings. The van der Waals surface area contributed by atoms with Crippen LogP contribution in [-0.4, -0.2) is 6.21 Å². The molecule has 0 aromatic heterocycles. The van der Waals surface area contributed by atoms with E-state index in [2.05, 4.69) is 0 Å². The van der Waals surface area contributed by atoms with Crippen molar-refractivity contribution in [2.45, 2.75) is 6.18 Å². The summed E-state index contributed by atoms with van der Waals surface area (Å²) in [6.45, 7) is 0. The molecular formula is C8H5F4N. The second-order valence-corrected chi connectivity index (χ2v) is 2.34. The van der Waals surface area contributed by atoms with Gasteiger partial charge in [-0.2, -0.15) is 13.2 Å². The predicted molar refractivity (Wildman–Crippen MR) is 39.3 cm³/mol. The molecule has 1 rings (SSSR count). The molecule has 1 aromatic carbocycles. The molecule has 70 valence electrons. The molecular weight excluding hydrogens is 186 g/mol. The minimum absolute atomic E-state index is 0.359. The minimum Gasteiger partial charge on any atom is -0.308 e. The Bertz CT molecular complexity index is 329. The molecule has 0 aliphatic carbocycles. The van der Waals surface area contributed by atoms with E-state index in [9.17, 15) is 17.6 Å². The minimum atomic E-state index is -4.62.